The van der Waals surface area contributed by atoms with Crippen LogP contribution in [0.2, 0.25) is 0 Å². The van der Waals surface area contributed by atoms with Crippen LogP contribution in [-0.2, 0) is 11.3 Å². The molecular weight excluding hydrogens is 266 g/mol. The minimum absolute atomic E-state index is 0.137. The van der Waals surface area contributed by atoms with Crippen LogP contribution in [0.5, 0.6) is 0 Å². The highest BCUT2D eigenvalue weighted by atomic mass is 16.4. The van der Waals surface area contributed by atoms with Crippen molar-refractivity contribution in [1.29, 1.82) is 0 Å². The molecule has 1 N–H and O–H groups in total. The molecule has 1 aliphatic heterocycles. The molecule has 0 spiro atoms. The molecule has 1 saturated heterocycles. The Bertz CT molecular complexity index is 525. The lowest BCUT2D eigenvalue weighted by Gasteiger charge is -2.22. The van der Waals surface area contributed by atoms with E-state index in [4.69, 9.17) is 0 Å². The van der Waals surface area contributed by atoms with Crippen LogP contribution in [0.15, 0.2) is 24.3 Å². The maximum Gasteiger partial charge on any atom is 0.336 e. The average molecular weight is 289 g/mol. The van der Waals surface area contributed by atoms with Crippen molar-refractivity contribution in [3.8, 4) is 0 Å². The largest absolute Gasteiger partial charge is 0.478 e. The van der Waals surface area contributed by atoms with Gasteiger partial charge in [-0.05, 0) is 36.3 Å². The van der Waals surface area contributed by atoms with Crippen LogP contribution >= 0.6 is 0 Å². The summed E-state index contributed by atoms with van der Waals surface area (Å²) in [5.41, 5.74) is 0.997. The van der Waals surface area contributed by atoms with Crippen molar-refractivity contribution < 1.29 is 14.7 Å². The van der Waals surface area contributed by atoms with Crippen molar-refractivity contribution in [3.63, 3.8) is 0 Å². The number of aromatic carboxylic acids is 1. The molecule has 1 aromatic carbocycles. The normalized spacial score (nSPS) is 19.7. The molecule has 1 unspecified atom stereocenters. The van der Waals surface area contributed by atoms with E-state index in [1.165, 1.54) is 0 Å². The van der Waals surface area contributed by atoms with Gasteiger partial charge in [-0.2, -0.15) is 0 Å². The number of likely N-dealkylation sites (tertiary alicyclic amines) is 1. The van der Waals surface area contributed by atoms with Crippen LogP contribution in [0.1, 0.15) is 49.0 Å². The Kier molecular flexibility index (Phi) is 4.99. The Balaban J connectivity index is 2.12. The maximum atomic E-state index is 12.2. The number of nitrogens with zero attached hydrogens (tertiary/aromatic N) is 1. The summed E-state index contributed by atoms with van der Waals surface area (Å²) in [6.45, 7) is 5.51. The van der Waals surface area contributed by atoms with Gasteiger partial charge < -0.3 is 10.0 Å². The molecule has 0 saturated carbocycles. The summed E-state index contributed by atoms with van der Waals surface area (Å²) in [5.74, 6) is 0.365. The second kappa shape index (κ2) is 6.74. The van der Waals surface area contributed by atoms with E-state index >= 15 is 0 Å². The molecule has 1 fully saturated rings. The number of carboxylic acid groups (broad SMARTS) is 1. The van der Waals surface area contributed by atoms with Crippen LogP contribution in [0, 0.1) is 11.8 Å². The van der Waals surface area contributed by atoms with Gasteiger partial charge in [-0.25, -0.2) is 4.79 Å². The van der Waals surface area contributed by atoms with Gasteiger partial charge in [0.2, 0.25) is 5.91 Å². The van der Waals surface area contributed by atoms with Gasteiger partial charge in [-0.3, -0.25) is 4.79 Å². The van der Waals surface area contributed by atoms with Crippen LogP contribution < -0.4 is 0 Å². The summed E-state index contributed by atoms with van der Waals surface area (Å²) in [4.78, 5) is 25.3. The maximum absolute atomic E-state index is 12.2. The number of carbonyl (C=O) groups is 2. The minimum atomic E-state index is -0.937. The van der Waals surface area contributed by atoms with Gasteiger partial charge in [-0.15, -0.1) is 0 Å². The molecule has 1 aliphatic rings. The number of rotatable bonds is 4. The number of hydrogen-bond donors (Lipinski definition) is 1. The lowest BCUT2D eigenvalue weighted by atomic mass is 9.89. The molecule has 0 aliphatic carbocycles. The average Bonchev–Trinajstić information content (AvgIpc) is 2.62. The van der Waals surface area contributed by atoms with Crippen molar-refractivity contribution in [2.45, 2.75) is 39.7 Å². The summed E-state index contributed by atoms with van der Waals surface area (Å²) in [6.07, 6.45) is 2.50. The zero-order chi connectivity index (χ0) is 15.4. The highest BCUT2D eigenvalue weighted by Gasteiger charge is 2.25. The van der Waals surface area contributed by atoms with E-state index in [1.54, 1.807) is 18.2 Å². The SMILES string of the molecule is CC(C)C1CCC(=O)N(Cc2ccccc2C(=O)O)CC1. The number of carboxylic acids is 1. The zero-order valence-corrected chi connectivity index (χ0v) is 12.7. The van der Waals surface area contributed by atoms with Gasteiger partial charge in [-0.1, -0.05) is 32.0 Å². The molecule has 2 rings (SSSR count). The monoisotopic (exact) mass is 289 g/mol. The first-order valence-corrected chi connectivity index (χ1v) is 7.58. The molecule has 0 aromatic heterocycles. The number of hydrogen-bond acceptors (Lipinski definition) is 2. The Hall–Kier alpha value is -1.84. The van der Waals surface area contributed by atoms with Crippen molar-refractivity contribution in [1.82, 2.24) is 4.90 Å². The number of amides is 1. The van der Waals surface area contributed by atoms with Crippen molar-refractivity contribution in [2.24, 2.45) is 11.8 Å². The molecule has 21 heavy (non-hydrogen) atoms. The van der Waals surface area contributed by atoms with Crippen molar-refractivity contribution in [3.05, 3.63) is 35.4 Å². The van der Waals surface area contributed by atoms with Gasteiger partial charge in [0.05, 0.1) is 5.56 Å². The third-order valence-corrected chi connectivity index (χ3v) is 4.40. The predicted molar refractivity (Wildman–Crippen MR) is 81.0 cm³/mol. The third kappa shape index (κ3) is 3.84. The van der Waals surface area contributed by atoms with Gasteiger partial charge in [0.25, 0.3) is 0 Å². The molecule has 4 nitrogen and oxygen atoms in total. The lowest BCUT2D eigenvalue weighted by Crippen LogP contribution is -2.30. The molecule has 1 atom stereocenters. The Labute approximate surface area is 125 Å². The van der Waals surface area contributed by atoms with Crippen molar-refractivity contribution >= 4 is 11.9 Å². The Morgan fingerprint density at radius 3 is 2.71 bits per heavy atom. The fraction of sp³-hybridized carbons (Fsp3) is 0.529. The zero-order valence-electron chi connectivity index (χ0n) is 12.7. The van der Waals surface area contributed by atoms with E-state index in [9.17, 15) is 14.7 Å². The van der Waals surface area contributed by atoms with E-state index in [2.05, 4.69) is 13.8 Å². The van der Waals surface area contributed by atoms with E-state index in [-0.39, 0.29) is 11.5 Å². The van der Waals surface area contributed by atoms with E-state index < -0.39 is 5.97 Å². The summed E-state index contributed by atoms with van der Waals surface area (Å²) >= 11 is 0. The first-order chi connectivity index (χ1) is 9.99. The summed E-state index contributed by atoms with van der Waals surface area (Å²) in [6, 6.07) is 6.92. The Morgan fingerprint density at radius 1 is 1.33 bits per heavy atom. The molecule has 4 heteroatoms. The Morgan fingerprint density at radius 2 is 2.05 bits per heavy atom. The molecule has 1 aromatic rings. The topological polar surface area (TPSA) is 57.6 Å². The highest BCUT2D eigenvalue weighted by molar-refractivity contribution is 5.89. The molecular formula is C17H23NO3. The fourth-order valence-corrected chi connectivity index (χ4v) is 2.96. The van der Waals surface area contributed by atoms with Gasteiger partial charge in [0, 0.05) is 19.5 Å². The second-order valence-corrected chi connectivity index (χ2v) is 6.11. The van der Waals surface area contributed by atoms with Crippen molar-refractivity contribution in [2.75, 3.05) is 6.54 Å². The van der Waals surface area contributed by atoms with Crippen LogP contribution in [-0.4, -0.2) is 28.4 Å². The standard InChI is InChI=1S/C17H23NO3/c1-12(2)13-7-8-16(19)18(10-9-13)11-14-5-3-4-6-15(14)17(20)21/h3-6,12-13H,7-11H2,1-2H3,(H,20,21). The second-order valence-electron chi connectivity index (χ2n) is 6.11. The number of carbonyl (C=O) groups excluding carboxylic acids is 1. The summed E-state index contributed by atoms with van der Waals surface area (Å²) in [5, 5.41) is 9.23. The molecule has 1 amide bonds. The first-order valence-electron chi connectivity index (χ1n) is 7.58. The summed E-state index contributed by atoms with van der Waals surface area (Å²) in [7, 11) is 0. The first kappa shape index (κ1) is 15.5. The van der Waals surface area contributed by atoms with Crippen LogP contribution in [0.4, 0.5) is 0 Å². The van der Waals surface area contributed by atoms with Gasteiger partial charge >= 0.3 is 5.97 Å². The number of benzene rings is 1. The van der Waals surface area contributed by atoms with E-state index in [1.807, 2.05) is 11.0 Å². The minimum Gasteiger partial charge on any atom is -0.478 e. The third-order valence-electron chi connectivity index (χ3n) is 4.40. The highest BCUT2D eigenvalue weighted by Crippen LogP contribution is 2.26. The summed E-state index contributed by atoms with van der Waals surface area (Å²) < 4.78 is 0. The lowest BCUT2D eigenvalue weighted by molar-refractivity contribution is -0.131. The molecule has 0 bridgehead atoms. The van der Waals surface area contributed by atoms with Crippen LogP contribution in [0.25, 0.3) is 0 Å². The van der Waals surface area contributed by atoms with Crippen LogP contribution in [0.3, 0.4) is 0 Å². The van der Waals surface area contributed by atoms with Gasteiger partial charge in [0.15, 0.2) is 0 Å². The fourth-order valence-electron chi connectivity index (χ4n) is 2.96. The quantitative estimate of drug-likeness (QED) is 0.926. The van der Waals surface area contributed by atoms with Gasteiger partial charge in [0.1, 0.15) is 0 Å². The smallest absolute Gasteiger partial charge is 0.336 e. The molecule has 114 valence electrons. The molecule has 0 radical (unpaired) electrons. The molecule has 1 heterocycles. The van der Waals surface area contributed by atoms with E-state index in [0.717, 1.165) is 19.4 Å². The van der Waals surface area contributed by atoms with E-state index in [0.29, 0.717) is 30.4 Å². The predicted octanol–water partition coefficient (Wildman–Crippen LogP) is 3.17.